The maximum atomic E-state index is 10.1. The van der Waals surface area contributed by atoms with Gasteiger partial charge in [0.1, 0.15) is 0 Å². The Morgan fingerprint density at radius 3 is 2.75 bits per heavy atom. The van der Waals surface area contributed by atoms with Gasteiger partial charge >= 0.3 is 5.37 Å². The van der Waals surface area contributed by atoms with Crippen LogP contribution >= 0.6 is 11.6 Å². The normalized spacial score (nSPS) is 9.12. The Kier molecular flexibility index (Phi) is 1.26. The van der Waals surface area contributed by atoms with Gasteiger partial charge in [0.2, 0.25) is 0 Å². The molecule has 4 nitrogen and oxygen atoms in total. The summed E-state index contributed by atoms with van der Waals surface area (Å²) < 4.78 is 0.932. The van der Waals surface area contributed by atoms with Crippen molar-refractivity contribution in [2.45, 2.75) is 0 Å². The van der Waals surface area contributed by atoms with Crippen LogP contribution in [0.3, 0.4) is 0 Å². The van der Waals surface area contributed by atoms with E-state index in [0.29, 0.717) is 0 Å². The van der Waals surface area contributed by atoms with Crippen molar-refractivity contribution in [2.75, 3.05) is 0 Å². The van der Waals surface area contributed by atoms with E-state index in [4.69, 9.17) is 11.6 Å². The average Bonchev–Trinajstić information content (AvgIpc) is 2.12. The van der Waals surface area contributed by atoms with Crippen LogP contribution < -0.4 is 0 Å². The summed E-state index contributed by atoms with van der Waals surface area (Å²) in [7, 11) is 0. The van der Waals surface area contributed by atoms with Crippen LogP contribution in [0.4, 0.5) is 4.79 Å². The molecule has 1 heterocycles. The van der Waals surface area contributed by atoms with Gasteiger partial charge in [0, 0.05) is 0 Å². The molecule has 1 aromatic heterocycles. The first-order valence-corrected chi connectivity index (χ1v) is 2.24. The number of carbonyl (C=O) groups is 1. The molecule has 8 heavy (non-hydrogen) atoms. The summed E-state index contributed by atoms with van der Waals surface area (Å²) in [5, 5.41) is 6.00. The summed E-state index contributed by atoms with van der Waals surface area (Å²) >= 11 is 4.97. The zero-order valence-corrected chi connectivity index (χ0v) is 4.54. The quantitative estimate of drug-likeness (QED) is 0.482. The summed E-state index contributed by atoms with van der Waals surface area (Å²) in [4.78, 5) is 10.1. The van der Waals surface area contributed by atoms with Gasteiger partial charge in [-0.1, -0.05) is 5.21 Å². The molecule has 5 heteroatoms. The van der Waals surface area contributed by atoms with Crippen LogP contribution in [0.25, 0.3) is 0 Å². The zero-order valence-electron chi connectivity index (χ0n) is 3.78. The third kappa shape index (κ3) is 0.840. The SMILES string of the molecule is O=C(Cl)n1ccnn1. The standard InChI is InChI=1S/C3H2ClN3O/c4-3(8)7-2-1-5-6-7/h1-2H. The molecule has 0 fully saturated rings. The molecule has 0 amide bonds. The van der Waals surface area contributed by atoms with E-state index in [9.17, 15) is 4.79 Å². The van der Waals surface area contributed by atoms with Crippen molar-refractivity contribution in [3.63, 3.8) is 0 Å². The zero-order chi connectivity index (χ0) is 5.98. The summed E-state index contributed by atoms with van der Waals surface area (Å²) in [5.74, 6) is 0. The van der Waals surface area contributed by atoms with Crippen LogP contribution in [0.1, 0.15) is 0 Å². The van der Waals surface area contributed by atoms with E-state index in [1.807, 2.05) is 0 Å². The molecule has 0 aliphatic carbocycles. The number of nitrogens with zero attached hydrogens (tertiary/aromatic N) is 3. The molecule has 0 spiro atoms. The maximum absolute atomic E-state index is 10.1. The summed E-state index contributed by atoms with van der Waals surface area (Å²) in [6.45, 7) is 0. The molecule has 0 aliphatic heterocycles. The lowest BCUT2D eigenvalue weighted by atomic mass is 10.9. The van der Waals surface area contributed by atoms with Crippen LogP contribution in [0.2, 0.25) is 0 Å². The fourth-order valence-corrected chi connectivity index (χ4v) is 0.392. The minimum atomic E-state index is -0.650. The van der Waals surface area contributed by atoms with Crippen molar-refractivity contribution in [3.05, 3.63) is 12.4 Å². The molecule has 0 saturated heterocycles. The molecule has 0 saturated carbocycles. The molecule has 0 unspecified atom stereocenters. The highest BCUT2D eigenvalue weighted by atomic mass is 35.5. The van der Waals surface area contributed by atoms with Crippen molar-refractivity contribution in [3.8, 4) is 0 Å². The highest BCUT2D eigenvalue weighted by molar-refractivity contribution is 6.63. The fourth-order valence-electron chi connectivity index (χ4n) is 0.302. The van der Waals surface area contributed by atoms with Crippen molar-refractivity contribution in [1.82, 2.24) is 15.0 Å². The first-order chi connectivity index (χ1) is 3.80. The minimum absolute atomic E-state index is 0.650. The van der Waals surface area contributed by atoms with E-state index in [0.717, 1.165) is 4.68 Å². The summed E-state index contributed by atoms with van der Waals surface area (Å²) in [6, 6.07) is 0. The van der Waals surface area contributed by atoms with Gasteiger partial charge in [0.15, 0.2) is 0 Å². The van der Waals surface area contributed by atoms with Gasteiger partial charge in [-0.05, 0) is 11.6 Å². The van der Waals surface area contributed by atoms with E-state index in [2.05, 4.69) is 10.3 Å². The number of halogens is 1. The number of rotatable bonds is 0. The first-order valence-electron chi connectivity index (χ1n) is 1.87. The van der Waals surface area contributed by atoms with E-state index in [1.54, 1.807) is 0 Å². The van der Waals surface area contributed by atoms with E-state index in [-0.39, 0.29) is 0 Å². The fraction of sp³-hybridized carbons (Fsp3) is 0. The van der Waals surface area contributed by atoms with Gasteiger partial charge in [-0.25, -0.2) is 0 Å². The van der Waals surface area contributed by atoms with Crippen molar-refractivity contribution >= 4 is 17.0 Å². The van der Waals surface area contributed by atoms with Gasteiger partial charge in [0.25, 0.3) is 0 Å². The molecule has 1 aromatic rings. The second-order valence-corrected chi connectivity index (χ2v) is 1.42. The highest BCUT2D eigenvalue weighted by Crippen LogP contribution is 1.85. The molecule has 42 valence electrons. The van der Waals surface area contributed by atoms with E-state index in [1.165, 1.54) is 12.4 Å². The summed E-state index contributed by atoms with van der Waals surface area (Å²) in [6.07, 6.45) is 2.75. The molecule has 0 aliphatic rings. The number of hydrogen-bond acceptors (Lipinski definition) is 3. The molecular formula is C3H2ClN3O. The number of hydrogen-bond donors (Lipinski definition) is 0. The van der Waals surface area contributed by atoms with Crippen molar-refractivity contribution < 1.29 is 4.79 Å². The molecule has 0 atom stereocenters. The molecule has 1 rings (SSSR count). The Bertz CT molecular complexity index is 182. The van der Waals surface area contributed by atoms with Crippen molar-refractivity contribution in [1.29, 1.82) is 0 Å². The second-order valence-electron chi connectivity index (χ2n) is 1.10. The Labute approximate surface area is 50.1 Å². The van der Waals surface area contributed by atoms with Gasteiger partial charge in [-0.15, -0.1) is 5.10 Å². The van der Waals surface area contributed by atoms with Gasteiger partial charge in [-0.2, -0.15) is 4.68 Å². The number of carbonyl (C=O) groups excluding carboxylic acids is 1. The highest BCUT2D eigenvalue weighted by Gasteiger charge is 1.95. The van der Waals surface area contributed by atoms with Crippen molar-refractivity contribution in [2.24, 2.45) is 0 Å². The Morgan fingerprint density at radius 2 is 2.50 bits per heavy atom. The Morgan fingerprint density at radius 1 is 1.75 bits per heavy atom. The monoisotopic (exact) mass is 131 g/mol. The molecule has 0 bridgehead atoms. The van der Waals surface area contributed by atoms with Crippen LogP contribution in [-0.2, 0) is 0 Å². The van der Waals surface area contributed by atoms with E-state index >= 15 is 0 Å². The molecule has 0 N–H and O–H groups in total. The van der Waals surface area contributed by atoms with E-state index < -0.39 is 5.37 Å². The lowest BCUT2D eigenvalue weighted by Gasteiger charge is -1.81. The van der Waals surface area contributed by atoms with Crippen LogP contribution in [0.5, 0.6) is 0 Å². The predicted octanol–water partition coefficient (Wildman–Crippen LogP) is 0.485. The first kappa shape index (κ1) is 5.24. The third-order valence-electron chi connectivity index (χ3n) is 0.603. The topological polar surface area (TPSA) is 47.8 Å². The third-order valence-corrected chi connectivity index (χ3v) is 0.776. The Hall–Kier alpha value is -0.900. The minimum Gasteiger partial charge on any atom is -0.253 e. The largest absolute Gasteiger partial charge is 0.342 e. The smallest absolute Gasteiger partial charge is 0.253 e. The maximum Gasteiger partial charge on any atom is 0.342 e. The predicted molar refractivity (Wildman–Crippen MR) is 26.7 cm³/mol. The van der Waals surface area contributed by atoms with Gasteiger partial charge < -0.3 is 0 Å². The average molecular weight is 132 g/mol. The second kappa shape index (κ2) is 1.92. The molecule has 0 radical (unpaired) electrons. The molecular weight excluding hydrogens is 130 g/mol. The van der Waals surface area contributed by atoms with Crippen LogP contribution in [0, 0.1) is 0 Å². The summed E-state index contributed by atoms with van der Waals surface area (Å²) in [5.41, 5.74) is 0. The lowest BCUT2D eigenvalue weighted by Crippen LogP contribution is -2.01. The van der Waals surface area contributed by atoms with Crippen LogP contribution in [0.15, 0.2) is 12.4 Å². The lowest BCUT2D eigenvalue weighted by molar-refractivity contribution is 0.258. The van der Waals surface area contributed by atoms with Gasteiger partial charge in [0.05, 0.1) is 12.4 Å². The molecule has 0 aromatic carbocycles. The van der Waals surface area contributed by atoms with Crippen LogP contribution in [-0.4, -0.2) is 20.4 Å². The van der Waals surface area contributed by atoms with Gasteiger partial charge in [-0.3, -0.25) is 4.79 Å². The number of aromatic nitrogens is 3. The Balaban J connectivity index is 2.93.